The molecule has 0 fully saturated rings. The lowest BCUT2D eigenvalue weighted by Gasteiger charge is -2.09. The molecule has 0 spiro atoms. The first-order valence-corrected chi connectivity index (χ1v) is 8.63. The van der Waals surface area contributed by atoms with E-state index in [2.05, 4.69) is 5.32 Å². The molecule has 0 radical (unpaired) electrons. The SMILES string of the molecule is CCOc1ccc(OS(=O)(=O)c2ccc(NC(=O)CN)cc2)cc1. The molecule has 0 unspecified atom stereocenters. The van der Waals surface area contributed by atoms with Crippen molar-refractivity contribution in [2.45, 2.75) is 11.8 Å². The highest BCUT2D eigenvalue weighted by Crippen LogP contribution is 2.22. The van der Waals surface area contributed by atoms with Crippen LogP contribution in [0.4, 0.5) is 5.69 Å². The molecule has 7 nitrogen and oxygen atoms in total. The Morgan fingerprint density at radius 2 is 1.62 bits per heavy atom. The average molecular weight is 350 g/mol. The summed E-state index contributed by atoms with van der Waals surface area (Å²) in [6.07, 6.45) is 0. The van der Waals surface area contributed by atoms with Gasteiger partial charge >= 0.3 is 10.1 Å². The van der Waals surface area contributed by atoms with E-state index in [4.69, 9.17) is 14.7 Å². The largest absolute Gasteiger partial charge is 0.494 e. The molecule has 0 saturated heterocycles. The molecule has 2 aromatic carbocycles. The van der Waals surface area contributed by atoms with Crippen molar-refractivity contribution in [3.8, 4) is 11.5 Å². The van der Waals surface area contributed by atoms with E-state index in [0.717, 1.165) is 0 Å². The number of ether oxygens (including phenoxy) is 1. The second-order valence-corrected chi connectivity index (χ2v) is 6.26. The zero-order valence-electron chi connectivity index (χ0n) is 13.1. The van der Waals surface area contributed by atoms with Gasteiger partial charge in [-0.15, -0.1) is 0 Å². The Labute approximate surface area is 140 Å². The normalized spacial score (nSPS) is 10.9. The zero-order valence-corrected chi connectivity index (χ0v) is 13.9. The molecule has 0 bridgehead atoms. The third kappa shape index (κ3) is 4.71. The van der Waals surface area contributed by atoms with Crippen LogP contribution in [0.25, 0.3) is 0 Å². The van der Waals surface area contributed by atoms with E-state index in [-0.39, 0.29) is 23.1 Å². The topological polar surface area (TPSA) is 108 Å². The Kier molecular flexibility index (Phi) is 5.78. The highest BCUT2D eigenvalue weighted by Gasteiger charge is 2.16. The van der Waals surface area contributed by atoms with Gasteiger partial charge in [-0.2, -0.15) is 8.42 Å². The average Bonchev–Trinajstić information content (AvgIpc) is 2.57. The number of benzene rings is 2. The van der Waals surface area contributed by atoms with Crippen LogP contribution in [0.15, 0.2) is 53.4 Å². The number of rotatable bonds is 7. The number of hydrogen-bond acceptors (Lipinski definition) is 6. The zero-order chi connectivity index (χ0) is 17.6. The third-order valence-corrected chi connectivity index (χ3v) is 4.21. The van der Waals surface area contributed by atoms with Gasteiger partial charge in [0.05, 0.1) is 13.2 Å². The van der Waals surface area contributed by atoms with Crippen LogP contribution in [-0.2, 0) is 14.9 Å². The van der Waals surface area contributed by atoms with Crippen LogP contribution in [0.1, 0.15) is 6.92 Å². The lowest BCUT2D eigenvalue weighted by Crippen LogP contribution is -2.21. The van der Waals surface area contributed by atoms with E-state index in [1.165, 1.54) is 36.4 Å². The van der Waals surface area contributed by atoms with Crippen LogP contribution in [-0.4, -0.2) is 27.5 Å². The highest BCUT2D eigenvalue weighted by atomic mass is 32.2. The molecule has 2 aromatic rings. The van der Waals surface area contributed by atoms with Crippen LogP contribution < -0.4 is 20.0 Å². The molecule has 24 heavy (non-hydrogen) atoms. The van der Waals surface area contributed by atoms with E-state index < -0.39 is 10.1 Å². The monoisotopic (exact) mass is 350 g/mol. The van der Waals surface area contributed by atoms with E-state index in [9.17, 15) is 13.2 Å². The number of amides is 1. The Hall–Kier alpha value is -2.58. The summed E-state index contributed by atoms with van der Waals surface area (Å²) in [6, 6.07) is 11.9. The number of nitrogens with one attached hydrogen (secondary N) is 1. The molecule has 3 N–H and O–H groups in total. The molecule has 0 atom stereocenters. The van der Waals surface area contributed by atoms with E-state index in [1.54, 1.807) is 12.1 Å². The molecule has 128 valence electrons. The number of hydrogen-bond donors (Lipinski definition) is 2. The van der Waals surface area contributed by atoms with Crippen LogP contribution in [0, 0.1) is 0 Å². The van der Waals surface area contributed by atoms with Crippen molar-refractivity contribution in [2.24, 2.45) is 5.73 Å². The predicted octanol–water partition coefficient (Wildman–Crippen LogP) is 1.75. The second-order valence-electron chi connectivity index (χ2n) is 4.72. The summed E-state index contributed by atoms with van der Waals surface area (Å²) in [5.74, 6) is 0.442. The van der Waals surface area contributed by atoms with Gasteiger partial charge in [0.2, 0.25) is 5.91 Å². The molecular weight excluding hydrogens is 332 g/mol. The van der Waals surface area contributed by atoms with Gasteiger partial charge in [0.15, 0.2) is 0 Å². The molecule has 0 aliphatic heterocycles. The van der Waals surface area contributed by atoms with Gasteiger partial charge in [-0.3, -0.25) is 4.79 Å². The first-order chi connectivity index (χ1) is 11.4. The lowest BCUT2D eigenvalue weighted by molar-refractivity contribution is -0.114. The number of carbonyl (C=O) groups excluding carboxylic acids is 1. The molecular formula is C16H18N2O5S. The summed E-state index contributed by atoms with van der Waals surface area (Å²) in [5, 5.41) is 2.52. The van der Waals surface area contributed by atoms with Crippen LogP contribution in [0.5, 0.6) is 11.5 Å². The number of nitrogens with two attached hydrogens (primary N) is 1. The minimum atomic E-state index is -3.97. The molecule has 0 saturated carbocycles. The molecule has 2 rings (SSSR count). The lowest BCUT2D eigenvalue weighted by atomic mass is 10.3. The van der Waals surface area contributed by atoms with Crippen molar-refractivity contribution in [1.29, 1.82) is 0 Å². The van der Waals surface area contributed by atoms with Gasteiger partial charge in [-0.1, -0.05) is 0 Å². The standard InChI is InChI=1S/C16H18N2O5S/c1-2-22-13-5-7-14(8-6-13)23-24(20,21)15-9-3-12(4-10-15)18-16(19)11-17/h3-10H,2,11,17H2,1H3,(H,18,19). The maximum Gasteiger partial charge on any atom is 0.339 e. The summed E-state index contributed by atoms with van der Waals surface area (Å²) < 4.78 is 34.8. The van der Waals surface area contributed by atoms with Gasteiger partial charge in [0, 0.05) is 5.69 Å². The fourth-order valence-electron chi connectivity index (χ4n) is 1.85. The van der Waals surface area contributed by atoms with Crippen LogP contribution in [0.2, 0.25) is 0 Å². The van der Waals surface area contributed by atoms with Gasteiger partial charge in [-0.05, 0) is 55.5 Å². The summed E-state index contributed by atoms with van der Waals surface area (Å²) in [5.41, 5.74) is 5.65. The first-order valence-electron chi connectivity index (χ1n) is 7.22. The van der Waals surface area contributed by atoms with Crippen molar-refractivity contribution in [3.05, 3.63) is 48.5 Å². The maximum absolute atomic E-state index is 12.2. The Bertz CT molecular complexity index is 786. The molecule has 0 aliphatic carbocycles. The maximum atomic E-state index is 12.2. The van der Waals surface area contributed by atoms with Gasteiger partial charge in [0.25, 0.3) is 0 Å². The van der Waals surface area contributed by atoms with Crippen molar-refractivity contribution in [1.82, 2.24) is 0 Å². The fourth-order valence-corrected chi connectivity index (χ4v) is 2.78. The summed E-state index contributed by atoms with van der Waals surface area (Å²) >= 11 is 0. The Balaban J connectivity index is 2.10. The van der Waals surface area contributed by atoms with Crippen molar-refractivity contribution in [3.63, 3.8) is 0 Å². The van der Waals surface area contributed by atoms with Gasteiger partial charge < -0.3 is 20.0 Å². The van der Waals surface area contributed by atoms with E-state index >= 15 is 0 Å². The minimum Gasteiger partial charge on any atom is -0.494 e. The molecule has 1 amide bonds. The minimum absolute atomic E-state index is 0.0258. The summed E-state index contributed by atoms with van der Waals surface area (Å²) in [6.45, 7) is 2.22. The van der Waals surface area contributed by atoms with Crippen molar-refractivity contribution < 1.29 is 22.1 Å². The number of anilines is 1. The molecule has 0 heterocycles. The van der Waals surface area contributed by atoms with Gasteiger partial charge in [0.1, 0.15) is 16.4 Å². The van der Waals surface area contributed by atoms with E-state index in [1.807, 2.05) is 6.92 Å². The molecule has 0 aromatic heterocycles. The predicted molar refractivity (Wildman–Crippen MR) is 89.6 cm³/mol. The molecule has 8 heteroatoms. The highest BCUT2D eigenvalue weighted by molar-refractivity contribution is 7.87. The second kappa shape index (κ2) is 7.80. The Morgan fingerprint density at radius 1 is 1.04 bits per heavy atom. The van der Waals surface area contributed by atoms with Crippen molar-refractivity contribution >= 4 is 21.7 Å². The quantitative estimate of drug-likeness (QED) is 0.737. The van der Waals surface area contributed by atoms with Gasteiger partial charge in [-0.25, -0.2) is 0 Å². The summed E-state index contributed by atoms with van der Waals surface area (Å²) in [4.78, 5) is 11.2. The van der Waals surface area contributed by atoms with Crippen LogP contribution in [0.3, 0.4) is 0 Å². The van der Waals surface area contributed by atoms with Crippen molar-refractivity contribution in [2.75, 3.05) is 18.5 Å². The summed E-state index contributed by atoms with van der Waals surface area (Å²) in [7, 11) is -3.97. The Morgan fingerprint density at radius 3 is 2.17 bits per heavy atom. The molecule has 0 aliphatic rings. The number of carbonyl (C=O) groups is 1. The first kappa shape index (κ1) is 17.8. The van der Waals surface area contributed by atoms with E-state index in [0.29, 0.717) is 18.0 Å². The fraction of sp³-hybridized carbons (Fsp3) is 0.188. The smallest absolute Gasteiger partial charge is 0.339 e. The third-order valence-electron chi connectivity index (χ3n) is 2.95. The van der Waals surface area contributed by atoms with Crippen LogP contribution >= 0.6 is 0 Å².